The van der Waals surface area contributed by atoms with Gasteiger partial charge in [0.05, 0.1) is 18.8 Å². The Bertz CT molecular complexity index is 377. The number of aliphatic hydroxyl groups is 1. The topological polar surface area (TPSA) is 32.7 Å². The highest BCUT2D eigenvalue weighted by Crippen LogP contribution is 2.35. The summed E-state index contributed by atoms with van der Waals surface area (Å²) in [6.07, 6.45) is 2.08. The van der Waals surface area contributed by atoms with Gasteiger partial charge in [-0.2, -0.15) is 0 Å². The first-order chi connectivity index (χ1) is 8.83. The molecule has 2 atom stereocenters. The van der Waals surface area contributed by atoms with Crippen molar-refractivity contribution in [2.45, 2.75) is 31.6 Å². The summed E-state index contributed by atoms with van der Waals surface area (Å²) < 4.78 is 5.72. The predicted molar refractivity (Wildman–Crippen MR) is 70.2 cm³/mol. The lowest BCUT2D eigenvalue weighted by atomic mass is 10.1. The number of ether oxygens (including phenoxy) is 1. The number of hydrogen-bond acceptors (Lipinski definition) is 3. The quantitative estimate of drug-likeness (QED) is 0.878. The number of aliphatic hydroxyl groups excluding tert-OH is 1. The molecule has 98 valence electrons. The minimum atomic E-state index is -0.261. The average Bonchev–Trinajstić information content (AvgIpc) is 3.24. The molecule has 1 saturated carbocycles. The fraction of sp³-hybridized carbons (Fsp3) is 0.600. The Labute approximate surface area is 108 Å². The molecule has 3 heteroatoms. The second kappa shape index (κ2) is 5.39. The summed E-state index contributed by atoms with van der Waals surface area (Å²) in [5.74, 6) is 0.492. The summed E-state index contributed by atoms with van der Waals surface area (Å²) in [5.41, 5.74) is 1.33. The molecule has 1 aromatic rings. The van der Waals surface area contributed by atoms with Gasteiger partial charge in [-0.3, -0.25) is 4.90 Å². The first-order valence-corrected chi connectivity index (χ1v) is 6.89. The monoisotopic (exact) mass is 247 g/mol. The number of hydrogen-bond donors (Lipinski definition) is 1. The second-order valence-corrected chi connectivity index (χ2v) is 5.46. The Morgan fingerprint density at radius 3 is 2.78 bits per heavy atom. The molecule has 3 nitrogen and oxygen atoms in total. The van der Waals surface area contributed by atoms with Crippen LogP contribution in [0.3, 0.4) is 0 Å². The van der Waals surface area contributed by atoms with Gasteiger partial charge >= 0.3 is 0 Å². The van der Waals surface area contributed by atoms with Crippen molar-refractivity contribution in [2.75, 3.05) is 19.7 Å². The third-order valence-electron chi connectivity index (χ3n) is 3.91. The lowest BCUT2D eigenvalue weighted by Gasteiger charge is -2.35. The van der Waals surface area contributed by atoms with E-state index in [4.69, 9.17) is 4.74 Å². The van der Waals surface area contributed by atoms with Gasteiger partial charge < -0.3 is 9.84 Å². The van der Waals surface area contributed by atoms with E-state index in [-0.39, 0.29) is 12.2 Å². The fourth-order valence-corrected chi connectivity index (χ4v) is 2.66. The van der Waals surface area contributed by atoms with E-state index in [1.54, 1.807) is 0 Å². The maximum Gasteiger partial charge on any atom is 0.0963 e. The van der Waals surface area contributed by atoms with Crippen molar-refractivity contribution in [3.63, 3.8) is 0 Å². The number of rotatable bonds is 4. The highest BCUT2D eigenvalue weighted by Gasteiger charge is 2.37. The number of morpholine rings is 1. The minimum Gasteiger partial charge on any atom is -0.390 e. The van der Waals surface area contributed by atoms with Crippen molar-refractivity contribution in [3.8, 4) is 0 Å². The fourth-order valence-electron chi connectivity index (χ4n) is 2.66. The maximum absolute atomic E-state index is 10.1. The largest absolute Gasteiger partial charge is 0.390 e. The van der Waals surface area contributed by atoms with Crippen LogP contribution in [0.4, 0.5) is 0 Å². The molecule has 3 rings (SSSR count). The second-order valence-electron chi connectivity index (χ2n) is 5.46. The molecule has 2 aliphatic rings. The molecule has 1 aliphatic carbocycles. The van der Waals surface area contributed by atoms with Gasteiger partial charge in [-0.15, -0.1) is 0 Å². The zero-order valence-corrected chi connectivity index (χ0v) is 10.7. The lowest BCUT2D eigenvalue weighted by molar-refractivity contribution is -0.0964. The molecular formula is C15H21NO2. The van der Waals surface area contributed by atoms with Crippen LogP contribution in [0.25, 0.3) is 0 Å². The zero-order valence-electron chi connectivity index (χ0n) is 10.7. The van der Waals surface area contributed by atoms with Gasteiger partial charge in [-0.25, -0.2) is 0 Å². The predicted octanol–water partition coefficient (Wildman–Crippen LogP) is 1.66. The van der Waals surface area contributed by atoms with Crippen molar-refractivity contribution in [1.29, 1.82) is 0 Å². The molecule has 0 bridgehead atoms. The molecule has 0 spiro atoms. The molecule has 1 heterocycles. The van der Waals surface area contributed by atoms with Crippen molar-refractivity contribution in [3.05, 3.63) is 35.9 Å². The number of benzene rings is 1. The summed E-state index contributed by atoms with van der Waals surface area (Å²) in [5, 5.41) is 10.1. The molecule has 18 heavy (non-hydrogen) atoms. The summed E-state index contributed by atoms with van der Waals surface area (Å²) in [6.45, 7) is 3.51. The van der Waals surface area contributed by atoms with E-state index in [1.165, 1.54) is 18.4 Å². The Morgan fingerprint density at radius 1 is 1.28 bits per heavy atom. The molecular weight excluding hydrogens is 226 g/mol. The molecule has 1 N–H and O–H groups in total. The third-order valence-corrected chi connectivity index (χ3v) is 3.91. The van der Waals surface area contributed by atoms with Crippen LogP contribution in [-0.2, 0) is 11.3 Å². The molecule has 2 fully saturated rings. The average molecular weight is 247 g/mol. The first kappa shape index (κ1) is 12.2. The Kier molecular flexibility index (Phi) is 3.64. The Hall–Kier alpha value is -0.900. The SMILES string of the molecule is O[C@H](C1CC1)[C@@H]1CN(Cc2ccccc2)CCO1. The highest BCUT2D eigenvalue weighted by molar-refractivity contribution is 5.14. The van der Waals surface area contributed by atoms with Crippen LogP contribution < -0.4 is 0 Å². The standard InChI is InChI=1S/C15H21NO2/c17-15(13-6-7-13)14-11-16(8-9-18-14)10-12-4-2-1-3-5-12/h1-5,13-15,17H,6-11H2/t14-,15+/m0/s1. The molecule has 0 unspecified atom stereocenters. The van der Waals surface area contributed by atoms with Gasteiger partial charge in [-0.05, 0) is 24.3 Å². The van der Waals surface area contributed by atoms with Gasteiger partial charge in [0.15, 0.2) is 0 Å². The van der Waals surface area contributed by atoms with Gasteiger partial charge in [-0.1, -0.05) is 30.3 Å². The van der Waals surface area contributed by atoms with Crippen LogP contribution in [0.2, 0.25) is 0 Å². The van der Waals surface area contributed by atoms with E-state index in [0.29, 0.717) is 5.92 Å². The normalized spacial score (nSPS) is 27.1. The van der Waals surface area contributed by atoms with Crippen molar-refractivity contribution in [1.82, 2.24) is 4.90 Å². The molecule has 1 aromatic carbocycles. The van der Waals surface area contributed by atoms with Crippen molar-refractivity contribution >= 4 is 0 Å². The highest BCUT2D eigenvalue weighted by atomic mass is 16.5. The molecule has 0 amide bonds. The van der Waals surface area contributed by atoms with E-state index < -0.39 is 0 Å². The van der Waals surface area contributed by atoms with E-state index in [1.807, 2.05) is 6.07 Å². The van der Waals surface area contributed by atoms with E-state index >= 15 is 0 Å². The lowest BCUT2D eigenvalue weighted by Crippen LogP contribution is -2.47. The van der Waals surface area contributed by atoms with Gasteiger partial charge in [0.1, 0.15) is 0 Å². The van der Waals surface area contributed by atoms with Crippen LogP contribution in [-0.4, -0.2) is 41.9 Å². The summed E-state index contributed by atoms with van der Waals surface area (Å²) in [6, 6.07) is 10.5. The van der Waals surface area contributed by atoms with Crippen LogP contribution >= 0.6 is 0 Å². The van der Waals surface area contributed by atoms with Gasteiger partial charge in [0, 0.05) is 19.6 Å². The van der Waals surface area contributed by atoms with Crippen LogP contribution in [0.5, 0.6) is 0 Å². The minimum absolute atomic E-state index is 0.00922. The summed E-state index contributed by atoms with van der Waals surface area (Å²) in [7, 11) is 0. The smallest absolute Gasteiger partial charge is 0.0963 e. The Balaban J connectivity index is 1.56. The zero-order chi connectivity index (χ0) is 12.4. The van der Waals surface area contributed by atoms with E-state index in [9.17, 15) is 5.11 Å². The van der Waals surface area contributed by atoms with E-state index in [2.05, 4.69) is 29.2 Å². The van der Waals surface area contributed by atoms with Crippen LogP contribution in [0.15, 0.2) is 30.3 Å². The van der Waals surface area contributed by atoms with Crippen LogP contribution in [0, 0.1) is 5.92 Å². The summed E-state index contributed by atoms with van der Waals surface area (Å²) >= 11 is 0. The molecule has 1 saturated heterocycles. The molecule has 0 radical (unpaired) electrons. The molecule has 0 aromatic heterocycles. The number of nitrogens with zero attached hydrogens (tertiary/aromatic N) is 1. The Morgan fingerprint density at radius 2 is 2.06 bits per heavy atom. The van der Waals surface area contributed by atoms with Crippen molar-refractivity contribution in [2.24, 2.45) is 5.92 Å². The van der Waals surface area contributed by atoms with E-state index in [0.717, 1.165) is 26.2 Å². The first-order valence-electron chi connectivity index (χ1n) is 6.89. The van der Waals surface area contributed by atoms with Crippen LogP contribution in [0.1, 0.15) is 18.4 Å². The third kappa shape index (κ3) is 2.91. The van der Waals surface area contributed by atoms with Gasteiger partial charge in [0.2, 0.25) is 0 Å². The maximum atomic E-state index is 10.1. The summed E-state index contributed by atoms with van der Waals surface area (Å²) in [4.78, 5) is 2.38. The van der Waals surface area contributed by atoms with Crippen molar-refractivity contribution < 1.29 is 9.84 Å². The molecule has 1 aliphatic heterocycles. The van der Waals surface area contributed by atoms with Gasteiger partial charge in [0.25, 0.3) is 0 Å².